The second-order valence-electron chi connectivity index (χ2n) is 5.58. The number of nitriles is 2. The van der Waals surface area contributed by atoms with Crippen molar-refractivity contribution < 1.29 is 14.5 Å². The molecule has 6 nitrogen and oxygen atoms in total. The summed E-state index contributed by atoms with van der Waals surface area (Å²) in [7, 11) is 0. The largest absolute Gasteiger partial charge is 0.342 e. The smallest absolute Gasteiger partial charge is 0.314 e. The van der Waals surface area contributed by atoms with Gasteiger partial charge in [0.05, 0.1) is 25.4 Å². The van der Waals surface area contributed by atoms with Crippen LogP contribution in [0, 0.1) is 45.3 Å². The number of nitrogens with two attached hydrogens (primary N) is 1. The molecule has 1 aliphatic heterocycles. The zero-order valence-electron chi connectivity index (χ0n) is 12.4. The number of ether oxygens (including phenoxy) is 2. The van der Waals surface area contributed by atoms with Crippen LogP contribution in [0.25, 0.3) is 0 Å². The van der Waals surface area contributed by atoms with Gasteiger partial charge >= 0.3 is 5.91 Å². The first-order chi connectivity index (χ1) is 9.44. The van der Waals surface area contributed by atoms with Crippen LogP contribution in [0.2, 0.25) is 0 Å². The maximum atomic E-state index is 9.82. The van der Waals surface area contributed by atoms with Crippen molar-refractivity contribution in [2.24, 2.45) is 28.4 Å². The molecule has 0 saturated heterocycles. The zero-order chi connectivity index (χ0) is 15.2. The fourth-order valence-corrected chi connectivity index (χ4v) is 3.92. The molecule has 0 aromatic carbocycles. The predicted molar refractivity (Wildman–Crippen MR) is 70.6 cm³/mol. The lowest BCUT2D eigenvalue weighted by atomic mass is 9.93. The van der Waals surface area contributed by atoms with E-state index in [1.807, 2.05) is 27.7 Å². The molecular weight excluding hydrogens is 256 g/mol. The topological polar surface area (TPSA) is 106 Å². The molecule has 2 aliphatic rings. The molecule has 0 aromatic heterocycles. The van der Waals surface area contributed by atoms with E-state index in [9.17, 15) is 10.5 Å². The molecule has 0 aromatic rings. The number of nitrogens with one attached hydrogen (secondary N) is 1. The average Bonchev–Trinajstić information content (AvgIpc) is 2.98. The quantitative estimate of drug-likeness (QED) is 0.657. The van der Waals surface area contributed by atoms with Crippen molar-refractivity contribution in [2.75, 3.05) is 13.2 Å². The average molecular weight is 277 g/mol. The summed E-state index contributed by atoms with van der Waals surface area (Å²) >= 11 is 0. The second kappa shape index (κ2) is 4.44. The van der Waals surface area contributed by atoms with Crippen molar-refractivity contribution in [3.63, 3.8) is 0 Å². The summed E-state index contributed by atoms with van der Waals surface area (Å²) in [6.45, 7) is 8.33. The van der Waals surface area contributed by atoms with Gasteiger partial charge in [-0.1, -0.05) is 13.8 Å². The van der Waals surface area contributed by atoms with Crippen LogP contribution in [-0.4, -0.2) is 25.0 Å². The summed E-state index contributed by atoms with van der Waals surface area (Å²) in [6.07, 6.45) is 0. The lowest BCUT2D eigenvalue weighted by Gasteiger charge is -2.29. The van der Waals surface area contributed by atoms with Crippen LogP contribution in [0.3, 0.4) is 0 Å². The highest BCUT2D eigenvalue weighted by Gasteiger charge is 2.97. The van der Waals surface area contributed by atoms with Gasteiger partial charge in [0, 0.05) is 5.92 Å². The Balaban J connectivity index is 2.64. The Bertz CT molecular complexity index is 524. The Labute approximate surface area is 119 Å². The highest BCUT2D eigenvalue weighted by atomic mass is 16.7. The van der Waals surface area contributed by atoms with Crippen LogP contribution in [0.4, 0.5) is 0 Å². The predicted octanol–water partition coefficient (Wildman–Crippen LogP) is -0.530. The molecular formula is C14H21N4O2+. The molecule has 2 rings (SSSR count). The van der Waals surface area contributed by atoms with Crippen molar-refractivity contribution in [1.82, 2.24) is 0 Å². The Morgan fingerprint density at radius 1 is 1.25 bits per heavy atom. The standard InChI is InChI=1S/C14H20N4O2/c1-5-19-14(20-6-2)13(8-16)10(9(3)4)12(13,7-15)11(17)18-14/h9-10H,5-6H2,1-4H3,(H2,17,18)/p+1/t10-,12+,13+/m0/s1. The molecule has 1 saturated carbocycles. The van der Waals surface area contributed by atoms with Crippen LogP contribution in [0.15, 0.2) is 0 Å². The molecule has 0 radical (unpaired) electrons. The molecule has 1 fully saturated rings. The van der Waals surface area contributed by atoms with Gasteiger partial charge in [0.25, 0.3) is 5.84 Å². The normalized spacial score (nSPS) is 37.0. The van der Waals surface area contributed by atoms with Crippen LogP contribution >= 0.6 is 0 Å². The Morgan fingerprint density at radius 2 is 1.80 bits per heavy atom. The third kappa shape index (κ3) is 1.26. The van der Waals surface area contributed by atoms with Crippen molar-refractivity contribution in [2.45, 2.75) is 33.6 Å². The Morgan fingerprint density at radius 3 is 2.10 bits per heavy atom. The van der Waals surface area contributed by atoms with E-state index in [2.05, 4.69) is 17.1 Å². The molecule has 6 heteroatoms. The lowest BCUT2D eigenvalue weighted by Crippen LogP contribution is -2.91. The second-order valence-corrected chi connectivity index (χ2v) is 5.58. The van der Waals surface area contributed by atoms with E-state index >= 15 is 0 Å². The van der Waals surface area contributed by atoms with E-state index < -0.39 is 16.7 Å². The molecule has 0 spiro atoms. The fraction of sp³-hybridized carbons (Fsp3) is 0.786. The van der Waals surface area contributed by atoms with Crippen molar-refractivity contribution >= 4 is 5.84 Å². The van der Waals surface area contributed by atoms with Gasteiger partial charge in [-0.05, 0) is 19.8 Å². The summed E-state index contributed by atoms with van der Waals surface area (Å²) in [5, 5.41) is 19.5. The van der Waals surface area contributed by atoms with Crippen LogP contribution in [0.1, 0.15) is 27.7 Å². The van der Waals surface area contributed by atoms with E-state index in [-0.39, 0.29) is 17.7 Å². The SMILES string of the molecule is CCOC1(OCC)[NH+]=C(N)[C@@]2(C#N)[C@H](C(C)C)[C@@]12C#N. The van der Waals surface area contributed by atoms with Gasteiger partial charge in [0.15, 0.2) is 10.8 Å². The van der Waals surface area contributed by atoms with Gasteiger partial charge in [-0.3, -0.25) is 5.73 Å². The first kappa shape index (κ1) is 14.8. The van der Waals surface area contributed by atoms with Crippen molar-refractivity contribution in [1.29, 1.82) is 10.5 Å². The summed E-state index contributed by atoms with van der Waals surface area (Å²) in [5.41, 5.74) is 3.92. The minimum Gasteiger partial charge on any atom is -0.314 e. The monoisotopic (exact) mass is 277 g/mol. The first-order valence-electron chi connectivity index (χ1n) is 6.95. The van der Waals surface area contributed by atoms with Crippen LogP contribution < -0.4 is 10.7 Å². The number of fused-ring (bicyclic) bond motifs is 1. The fourth-order valence-electron chi connectivity index (χ4n) is 3.92. The maximum absolute atomic E-state index is 9.82. The third-order valence-corrected chi connectivity index (χ3v) is 4.43. The maximum Gasteiger partial charge on any atom is 0.342 e. The van der Waals surface area contributed by atoms with E-state index in [4.69, 9.17) is 15.2 Å². The van der Waals surface area contributed by atoms with E-state index in [1.165, 1.54) is 0 Å². The lowest BCUT2D eigenvalue weighted by molar-refractivity contribution is -0.694. The minimum absolute atomic E-state index is 0.121. The van der Waals surface area contributed by atoms with Crippen molar-refractivity contribution in [3.8, 4) is 12.1 Å². The summed E-state index contributed by atoms with van der Waals surface area (Å²) in [4.78, 5) is 2.94. The molecule has 20 heavy (non-hydrogen) atoms. The van der Waals surface area contributed by atoms with E-state index in [0.717, 1.165) is 0 Å². The number of rotatable bonds is 5. The molecule has 108 valence electrons. The van der Waals surface area contributed by atoms with Gasteiger partial charge in [-0.25, -0.2) is 4.99 Å². The minimum atomic E-state index is -1.33. The molecule has 1 aliphatic carbocycles. The van der Waals surface area contributed by atoms with E-state index in [1.54, 1.807) is 0 Å². The van der Waals surface area contributed by atoms with E-state index in [0.29, 0.717) is 13.2 Å². The third-order valence-electron chi connectivity index (χ3n) is 4.43. The molecule has 0 unspecified atom stereocenters. The number of nitrogens with zero attached hydrogens (tertiary/aromatic N) is 2. The molecule has 0 bridgehead atoms. The van der Waals surface area contributed by atoms with Gasteiger partial charge in [0.1, 0.15) is 0 Å². The molecule has 1 heterocycles. The molecule has 0 amide bonds. The highest BCUT2D eigenvalue weighted by molar-refractivity contribution is 5.93. The molecule has 3 N–H and O–H groups in total. The zero-order valence-corrected chi connectivity index (χ0v) is 12.4. The highest BCUT2D eigenvalue weighted by Crippen LogP contribution is 2.76. The Hall–Kier alpha value is -1.63. The van der Waals surface area contributed by atoms with Crippen molar-refractivity contribution in [3.05, 3.63) is 0 Å². The van der Waals surface area contributed by atoms with Gasteiger partial charge < -0.3 is 9.47 Å². The van der Waals surface area contributed by atoms with Crippen LogP contribution in [0.5, 0.6) is 0 Å². The van der Waals surface area contributed by atoms with Crippen LogP contribution in [-0.2, 0) is 9.47 Å². The van der Waals surface area contributed by atoms with Gasteiger partial charge in [0.2, 0.25) is 0 Å². The van der Waals surface area contributed by atoms with Gasteiger partial charge in [-0.15, -0.1) is 0 Å². The first-order valence-corrected chi connectivity index (χ1v) is 6.95. The summed E-state index contributed by atoms with van der Waals surface area (Å²) in [6, 6.07) is 4.54. The number of hydrogen-bond acceptors (Lipinski definition) is 5. The Kier molecular flexibility index (Phi) is 3.28. The number of hydrogen-bond donors (Lipinski definition) is 2. The summed E-state index contributed by atoms with van der Waals surface area (Å²) < 4.78 is 11.5. The van der Waals surface area contributed by atoms with Gasteiger partial charge in [-0.2, -0.15) is 10.5 Å². The summed E-state index contributed by atoms with van der Waals surface area (Å²) in [5.74, 6) is -1.14. The molecule has 3 atom stereocenters. The number of amidine groups is 1.